The van der Waals surface area contributed by atoms with E-state index in [2.05, 4.69) is 26.2 Å². The lowest BCUT2D eigenvalue weighted by atomic mass is 10.0. The maximum Gasteiger partial charge on any atom is 0.255 e. The first kappa shape index (κ1) is 33.4. The fourth-order valence-electron chi connectivity index (χ4n) is 5.43. The Morgan fingerprint density at radius 2 is 1.57 bits per heavy atom. The predicted molar refractivity (Wildman–Crippen MR) is 174 cm³/mol. The van der Waals surface area contributed by atoms with E-state index in [1.165, 1.54) is 12.1 Å². The van der Waals surface area contributed by atoms with Crippen LogP contribution in [0.5, 0.6) is 11.5 Å². The zero-order valence-electron chi connectivity index (χ0n) is 26.4. The van der Waals surface area contributed by atoms with Crippen LogP contribution in [0.15, 0.2) is 72.8 Å². The molecule has 0 bridgehead atoms. The van der Waals surface area contributed by atoms with Crippen molar-refractivity contribution in [1.82, 2.24) is 26.2 Å². The van der Waals surface area contributed by atoms with Gasteiger partial charge >= 0.3 is 0 Å². The van der Waals surface area contributed by atoms with Gasteiger partial charge in [-0.05, 0) is 47.9 Å². The SMILES string of the molecule is C[C@@H]1COc2ccccc2C(=O)N[C@H](C(=O)NCc2ccc(CN3CCOCC3)cc2)CC(=O)N[C@@H](Cc2ccc(O)cc2)C(=O)N1. The Labute approximate surface area is 273 Å². The van der Waals surface area contributed by atoms with E-state index in [1.54, 1.807) is 43.3 Å². The molecule has 0 aromatic heterocycles. The number of ether oxygens (including phenoxy) is 2. The van der Waals surface area contributed by atoms with Gasteiger partial charge in [0.2, 0.25) is 17.7 Å². The number of hydrogen-bond acceptors (Lipinski definition) is 8. The minimum absolute atomic E-state index is 0.0606. The Hall–Kier alpha value is -4.94. The van der Waals surface area contributed by atoms with Crippen molar-refractivity contribution in [1.29, 1.82) is 0 Å². The molecule has 1 fully saturated rings. The first-order valence-corrected chi connectivity index (χ1v) is 15.8. The second-order valence-electron chi connectivity index (χ2n) is 11.9. The highest BCUT2D eigenvalue weighted by Crippen LogP contribution is 2.19. The van der Waals surface area contributed by atoms with Crippen LogP contribution < -0.4 is 26.0 Å². The van der Waals surface area contributed by atoms with Crippen LogP contribution in [0.4, 0.5) is 0 Å². The minimum Gasteiger partial charge on any atom is -0.508 e. The van der Waals surface area contributed by atoms with Gasteiger partial charge in [-0.3, -0.25) is 24.1 Å². The second-order valence-corrected chi connectivity index (χ2v) is 11.9. The first-order valence-electron chi connectivity index (χ1n) is 15.8. The Morgan fingerprint density at radius 1 is 0.894 bits per heavy atom. The fraction of sp³-hybridized carbons (Fsp3) is 0.371. The van der Waals surface area contributed by atoms with E-state index in [4.69, 9.17) is 9.47 Å². The number of fused-ring (bicyclic) bond motifs is 1. The number of nitrogens with zero attached hydrogens (tertiary/aromatic N) is 1. The van der Waals surface area contributed by atoms with Gasteiger partial charge in [-0.1, -0.05) is 48.5 Å². The maximum absolute atomic E-state index is 13.5. The molecule has 2 aliphatic heterocycles. The van der Waals surface area contributed by atoms with Crippen LogP contribution in [0.25, 0.3) is 0 Å². The molecule has 4 amide bonds. The molecule has 12 heteroatoms. The van der Waals surface area contributed by atoms with Gasteiger partial charge in [-0.25, -0.2) is 0 Å². The van der Waals surface area contributed by atoms with Gasteiger partial charge in [0.05, 0.1) is 31.2 Å². The molecule has 1 saturated heterocycles. The monoisotopic (exact) mass is 643 g/mol. The van der Waals surface area contributed by atoms with E-state index in [9.17, 15) is 24.3 Å². The fourth-order valence-corrected chi connectivity index (χ4v) is 5.43. The van der Waals surface area contributed by atoms with Gasteiger partial charge in [0.1, 0.15) is 30.2 Å². The number of benzene rings is 3. The van der Waals surface area contributed by atoms with Crippen LogP contribution >= 0.6 is 0 Å². The van der Waals surface area contributed by atoms with Gasteiger partial charge in [0.25, 0.3) is 5.91 Å². The molecule has 0 radical (unpaired) electrons. The number of amides is 4. The lowest BCUT2D eigenvalue weighted by molar-refractivity contribution is -0.131. The molecule has 2 heterocycles. The summed E-state index contributed by atoms with van der Waals surface area (Å²) in [5.41, 5.74) is 2.92. The maximum atomic E-state index is 13.5. The van der Waals surface area contributed by atoms with E-state index < -0.39 is 48.2 Å². The molecule has 0 saturated carbocycles. The zero-order chi connectivity index (χ0) is 33.2. The number of aromatic hydroxyl groups is 1. The van der Waals surface area contributed by atoms with Crippen LogP contribution in [0, 0.1) is 0 Å². The number of carbonyl (C=O) groups excluding carboxylic acids is 4. The van der Waals surface area contributed by atoms with Crippen LogP contribution in [0.1, 0.15) is 40.4 Å². The average Bonchev–Trinajstić information content (AvgIpc) is 3.07. The Balaban J connectivity index is 1.31. The lowest BCUT2D eigenvalue weighted by Gasteiger charge is -2.26. The zero-order valence-corrected chi connectivity index (χ0v) is 26.4. The topological polar surface area (TPSA) is 158 Å². The third-order valence-electron chi connectivity index (χ3n) is 8.05. The summed E-state index contributed by atoms with van der Waals surface area (Å²) in [6.07, 6.45) is -0.271. The largest absolute Gasteiger partial charge is 0.508 e. The molecule has 0 spiro atoms. The number of phenols is 1. The first-order chi connectivity index (χ1) is 22.7. The summed E-state index contributed by atoms with van der Waals surface area (Å²) >= 11 is 0. The Kier molecular flexibility index (Phi) is 11.4. The summed E-state index contributed by atoms with van der Waals surface area (Å²) in [5, 5.41) is 20.8. The van der Waals surface area contributed by atoms with Crippen molar-refractivity contribution < 1.29 is 33.8 Å². The molecular weight excluding hydrogens is 602 g/mol. The van der Waals surface area contributed by atoms with Crippen molar-refractivity contribution in [3.63, 3.8) is 0 Å². The van der Waals surface area contributed by atoms with Gasteiger partial charge in [-0.15, -0.1) is 0 Å². The van der Waals surface area contributed by atoms with Gasteiger partial charge < -0.3 is 35.8 Å². The van der Waals surface area contributed by atoms with Crippen molar-refractivity contribution in [3.05, 3.63) is 95.1 Å². The molecule has 3 aromatic rings. The van der Waals surface area contributed by atoms with Crippen LogP contribution in [-0.2, 0) is 38.6 Å². The van der Waals surface area contributed by atoms with Crippen molar-refractivity contribution >= 4 is 23.6 Å². The molecule has 0 unspecified atom stereocenters. The van der Waals surface area contributed by atoms with E-state index in [0.29, 0.717) is 5.56 Å². The van der Waals surface area contributed by atoms with E-state index >= 15 is 0 Å². The van der Waals surface area contributed by atoms with Crippen LogP contribution in [-0.4, -0.2) is 84.7 Å². The summed E-state index contributed by atoms with van der Waals surface area (Å²) in [4.78, 5) is 56.0. The van der Waals surface area contributed by atoms with Crippen molar-refractivity contribution in [2.24, 2.45) is 0 Å². The van der Waals surface area contributed by atoms with Gasteiger partial charge in [-0.2, -0.15) is 0 Å². The number of morpholine rings is 1. The third-order valence-corrected chi connectivity index (χ3v) is 8.05. The molecule has 5 rings (SSSR count). The van der Waals surface area contributed by atoms with Crippen LogP contribution in [0.3, 0.4) is 0 Å². The number of para-hydroxylation sites is 1. The van der Waals surface area contributed by atoms with Crippen molar-refractivity contribution in [3.8, 4) is 11.5 Å². The molecule has 3 atom stereocenters. The van der Waals surface area contributed by atoms with Crippen LogP contribution in [0.2, 0.25) is 0 Å². The molecule has 2 aliphatic rings. The van der Waals surface area contributed by atoms with E-state index in [-0.39, 0.29) is 36.6 Å². The number of nitrogens with one attached hydrogen (secondary N) is 4. The highest BCUT2D eigenvalue weighted by molar-refractivity contribution is 6.01. The van der Waals surface area contributed by atoms with Crippen molar-refractivity contribution in [2.45, 2.75) is 51.0 Å². The van der Waals surface area contributed by atoms with Crippen molar-refractivity contribution in [2.75, 3.05) is 32.9 Å². The lowest BCUT2D eigenvalue weighted by Crippen LogP contribution is -2.54. The predicted octanol–water partition coefficient (Wildman–Crippen LogP) is 1.65. The smallest absolute Gasteiger partial charge is 0.255 e. The van der Waals surface area contributed by atoms with Gasteiger partial charge in [0, 0.05) is 32.6 Å². The third kappa shape index (κ3) is 9.77. The standard InChI is InChI=1S/C35H41N5O7/c1-23-22-47-31-5-3-2-4-28(31)33(43)39-30(19-32(42)38-29(35(45)37-23)18-24-10-12-27(41)13-11-24)34(44)36-20-25-6-8-26(9-7-25)21-40-14-16-46-17-15-40/h2-13,23,29-30,41H,14-22H2,1H3,(H,36,44)(H,37,45)(H,38,42)(H,39,43)/t23-,29+,30+/m1/s1. The Bertz CT molecular complexity index is 1540. The molecule has 47 heavy (non-hydrogen) atoms. The summed E-state index contributed by atoms with van der Waals surface area (Å²) in [7, 11) is 0. The summed E-state index contributed by atoms with van der Waals surface area (Å²) in [6, 6.07) is 18.2. The highest BCUT2D eigenvalue weighted by atomic mass is 16.5. The number of hydrogen-bond donors (Lipinski definition) is 5. The molecule has 3 aromatic carbocycles. The number of phenolic OH excluding ortho intramolecular Hbond substituents is 1. The summed E-state index contributed by atoms with van der Waals surface area (Å²) in [6.45, 7) is 6.04. The number of carbonyl (C=O) groups is 4. The molecular formula is C35H41N5O7. The second kappa shape index (κ2) is 16.1. The quantitative estimate of drug-likeness (QED) is 0.260. The minimum atomic E-state index is -1.24. The normalized spacial score (nSPS) is 21.2. The Morgan fingerprint density at radius 3 is 2.32 bits per heavy atom. The van der Waals surface area contributed by atoms with E-state index in [1.807, 2.05) is 24.3 Å². The molecule has 5 N–H and O–H groups in total. The molecule has 0 aliphatic carbocycles. The molecule has 248 valence electrons. The average molecular weight is 644 g/mol. The summed E-state index contributed by atoms with van der Waals surface area (Å²) in [5.74, 6) is -1.79. The van der Waals surface area contributed by atoms with E-state index in [0.717, 1.165) is 44.0 Å². The number of rotatable bonds is 7. The highest BCUT2D eigenvalue weighted by Gasteiger charge is 2.29. The van der Waals surface area contributed by atoms with Gasteiger partial charge in [0.15, 0.2) is 0 Å². The molecule has 12 nitrogen and oxygen atoms in total. The summed E-state index contributed by atoms with van der Waals surface area (Å²) < 4.78 is 11.3.